The number of hydrogen-bond donors (Lipinski definition) is 5. The van der Waals surface area contributed by atoms with E-state index in [2.05, 4.69) is 5.32 Å². The third-order valence-electron chi connectivity index (χ3n) is 7.72. The van der Waals surface area contributed by atoms with Crippen LogP contribution in [0.1, 0.15) is 34.5 Å². The Morgan fingerprint density at radius 2 is 1.13 bits per heavy atom. The Bertz CT molecular complexity index is 1320. The number of carbonyl (C=O) groups is 5. The lowest BCUT2D eigenvalue weighted by atomic mass is 10.0. The maximum absolute atomic E-state index is 12.8. The first kappa shape index (κ1) is 36.9. The summed E-state index contributed by atoms with van der Waals surface area (Å²) in [6, 6.07) is 12.4. The number of aliphatic carboxylic acids is 4. The highest BCUT2D eigenvalue weighted by Gasteiger charge is 2.29. The first-order valence-electron chi connectivity index (χ1n) is 15.3. The van der Waals surface area contributed by atoms with Crippen LogP contribution in [-0.2, 0) is 25.7 Å². The summed E-state index contributed by atoms with van der Waals surface area (Å²) < 4.78 is 5.43. The van der Waals surface area contributed by atoms with E-state index in [1.165, 1.54) is 0 Å². The summed E-state index contributed by atoms with van der Waals surface area (Å²) >= 11 is 0. The molecule has 15 heteroatoms. The van der Waals surface area contributed by atoms with Crippen LogP contribution in [0.25, 0.3) is 0 Å². The summed E-state index contributed by atoms with van der Waals surface area (Å²) in [5.41, 5.74) is 1.61. The molecule has 1 aliphatic heterocycles. The fraction of sp³-hybridized carbons (Fsp3) is 0.469. The Morgan fingerprint density at radius 3 is 1.53 bits per heavy atom. The SMILES string of the molecule is CCOc1ccc(CNC(=O)c2ccc(C(C(=O)O)N3CCN(CC(=O)O)CCN(CC(=O)O)CCN(CC(=O)O)CC3)cc2)cc1. The molecule has 2 aromatic carbocycles. The van der Waals surface area contributed by atoms with Crippen LogP contribution < -0.4 is 10.1 Å². The van der Waals surface area contributed by atoms with E-state index in [9.17, 15) is 44.4 Å². The molecule has 47 heavy (non-hydrogen) atoms. The minimum Gasteiger partial charge on any atom is -0.494 e. The minimum absolute atomic E-state index is 0.133. The fourth-order valence-corrected chi connectivity index (χ4v) is 5.34. The molecule has 1 saturated heterocycles. The van der Waals surface area contributed by atoms with Gasteiger partial charge in [-0.2, -0.15) is 0 Å². The monoisotopic (exact) mass is 657 g/mol. The molecule has 256 valence electrons. The Morgan fingerprint density at radius 1 is 0.681 bits per heavy atom. The summed E-state index contributed by atoms with van der Waals surface area (Å²) in [5, 5.41) is 41.5. The molecule has 0 bridgehead atoms. The molecule has 1 atom stereocenters. The maximum atomic E-state index is 12.8. The average Bonchev–Trinajstić information content (AvgIpc) is 3.01. The summed E-state index contributed by atoms with van der Waals surface area (Å²) in [6.07, 6.45) is 0. The van der Waals surface area contributed by atoms with Crippen molar-refractivity contribution in [1.82, 2.24) is 24.9 Å². The normalized spacial score (nSPS) is 16.7. The van der Waals surface area contributed by atoms with Gasteiger partial charge in [0.15, 0.2) is 0 Å². The molecule has 0 aromatic heterocycles. The summed E-state index contributed by atoms with van der Waals surface area (Å²) in [4.78, 5) is 66.6. The molecule has 0 aliphatic carbocycles. The van der Waals surface area contributed by atoms with E-state index in [1.54, 1.807) is 43.9 Å². The van der Waals surface area contributed by atoms with Crippen molar-refractivity contribution < 1.29 is 49.1 Å². The van der Waals surface area contributed by atoms with Crippen molar-refractivity contribution in [3.05, 3.63) is 65.2 Å². The van der Waals surface area contributed by atoms with Crippen LogP contribution >= 0.6 is 0 Å². The first-order valence-corrected chi connectivity index (χ1v) is 15.3. The Labute approximate surface area is 272 Å². The van der Waals surface area contributed by atoms with Crippen molar-refractivity contribution in [3.63, 3.8) is 0 Å². The van der Waals surface area contributed by atoms with E-state index in [1.807, 2.05) is 31.2 Å². The highest BCUT2D eigenvalue weighted by Crippen LogP contribution is 2.22. The summed E-state index contributed by atoms with van der Waals surface area (Å²) in [6.45, 7) is 3.28. The summed E-state index contributed by atoms with van der Waals surface area (Å²) in [7, 11) is 0. The van der Waals surface area contributed by atoms with E-state index in [0.717, 1.165) is 11.3 Å². The average molecular weight is 658 g/mol. The van der Waals surface area contributed by atoms with Gasteiger partial charge in [0, 0.05) is 64.5 Å². The van der Waals surface area contributed by atoms with Gasteiger partial charge >= 0.3 is 23.9 Å². The Kier molecular flexibility index (Phi) is 14.6. The molecule has 1 aliphatic rings. The van der Waals surface area contributed by atoms with Gasteiger partial charge in [-0.3, -0.25) is 43.6 Å². The lowest BCUT2D eigenvalue weighted by molar-refractivity contribution is -0.145. The number of carbonyl (C=O) groups excluding carboxylic acids is 1. The Balaban J connectivity index is 1.78. The van der Waals surface area contributed by atoms with E-state index in [-0.39, 0.29) is 84.4 Å². The first-order chi connectivity index (χ1) is 22.4. The molecule has 15 nitrogen and oxygen atoms in total. The van der Waals surface area contributed by atoms with Gasteiger partial charge < -0.3 is 30.5 Å². The molecule has 1 fully saturated rings. The second-order valence-electron chi connectivity index (χ2n) is 11.2. The number of nitrogens with zero attached hydrogens (tertiary/aromatic N) is 4. The number of benzene rings is 2. The molecule has 0 spiro atoms. The molecule has 3 rings (SSSR count). The second kappa shape index (κ2) is 18.5. The van der Waals surface area contributed by atoms with Crippen molar-refractivity contribution in [2.24, 2.45) is 0 Å². The predicted molar refractivity (Wildman–Crippen MR) is 169 cm³/mol. The third-order valence-corrected chi connectivity index (χ3v) is 7.72. The van der Waals surface area contributed by atoms with Crippen molar-refractivity contribution in [3.8, 4) is 5.75 Å². The third kappa shape index (κ3) is 12.6. The maximum Gasteiger partial charge on any atom is 0.325 e. The van der Waals surface area contributed by atoms with Crippen LogP contribution in [0.15, 0.2) is 48.5 Å². The number of ether oxygens (including phenoxy) is 1. The number of carboxylic acid groups (broad SMARTS) is 4. The van der Waals surface area contributed by atoms with Gasteiger partial charge in [-0.25, -0.2) is 0 Å². The smallest absolute Gasteiger partial charge is 0.325 e. The van der Waals surface area contributed by atoms with Crippen LogP contribution in [0.2, 0.25) is 0 Å². The van der Waals surface area contributed by atoms with Crippen molar-refractivity contribution in [2.75, 3.05) is 78.6 Å². The van der Waals surface area contributed by atoms with Crippen LogP contribution in [0.4, 0.5) is 0 Å². The van der Waals surface area contributed by atoms with E-state index >= 15 is 0 Å². The fourth-order valence-electron chi connectivity index (χ4n) is 5.34. The zero-order valence-electron chi connectivity index (χ0n) is 26.4. The molecule has 1 unspecified atom stereocenters. The zero-order chi connectivity index (χ0) is 34.3. The number of nitrogens with one attached hydrogen (secondary N) is 1. The number of carboxylic acids is 4. The van der Waals surface area contributed by atoms with Crippen molar-refractivity contribution in [2.45, 2.75) is 19.5 Å². The van der Waals surface area contributed by atoms with E-state index in [4.69, 9.17) is 4.74 Å². The predicted octanol–water partition coefficient (Wildman–Crippen LogP) is 0.616. The molecule has 0 radical (unpaired) electrons. The van der Waals surface area contributed by atoms with Crippen LogP contribution in [-0.4, -0.2) is 148 Å². The molecule has 5 N–H and O–H groups in total. The zero-order valence-corrected chi connectivity index (χ0v) is 26.4. The van der Waals surface area contributed by atoms with E-state index < -0.39 is 29.9 Å². The van der Waals surface area contributed by atoms with Crippen LogP contribution in [0.5, 0.6) is 5.75 Å². The number of hydrogen-bond acceptors (Lipinski definition) is 10. The number of amides is 1. The lowest BCUT2D eigenvalue weighted by Crippen LogP contribution is -2.49. The van der Waals surface area contributed by atoms with Gasteiger partial charge in [0.05, 0.1) is 26.2 Å². The van der Waals surface area contributed by atoms with Gasteiger partial charge in [-0.1, -0.05) is 24.3 Å². The summed E-state index contributed by atoms with van der Waals surface area (Å²) in [5.74, 6) is -3.98. The molecule has 1 heterocycles. The largest absolute Gasteiger partial charge is 0.494 e. The van der Waals surface area contributed by atoms with Crippen LogP contribution in [0, 0.1) is 0 Å². The topological polar surface area (TPSA) is 200 Å². The van der Waals surface area contributed by atoms with Gasteiger partial charge in [-0.15, -0.1) is 0 Å². The molecule has 0 saturated carbocycles. The number of rotatable bonds is 14. The quantitative estimate of drug-likeness (QED) is 0.189. The minimum atomic E-state index is -1.17. The molecule has 1 amide bonds. The lowest BCUT2D eigenvalue weighted by Gasteiger charge is -2.35. The molecule has 2 aromatic rings. The van der Waals surface area contributed by atoms with Crippen LogP contribution in [0.3, 0.4) is 0 Å². The standard InChI is InChI=1S/C32H43N5O10/c1-2-47-26-9-3-23(4-10-26)19-33-31(44)25-7-5-24(6-8-25)30(32(45)46)37-17-15-35(21-28(40)41)13-11-34(20-27(38)39)12-14-36(16-18-37)22-29(42)43/h3-10,30H,2,11-22H2,1H3,(H,33,44)(H,38,39)(H,40,41)(H,42,43)(H,45,46). The second-order valence-corrected chi connectivity index (χ2v) is 11.2. The van der Waals surface area contributed by atoms with E-state index in [0.29, 0.717) is 17.7 Å². The van der Waals surface area contributed by atoms with Gasteiger partial charge in [-0.05, 0) is 42.3 Å². The highest BCUT2D eigenvalue weighted by molar-refractivity contribution is 5.94. The van der Waals surface area contributed by atoms with Crippen molar-refractivity contribution >= 4 is 29.8 Å². The van der Waals surface area contributed by atoms with Crippen molar-refractivity contribution in [1.29, 1.82) is 0 Å². The van der Waals surface area contributed by atoms with Gasteiger partial charge in [0.25, 0.3) is 5.91 Å². The van der Waals surface area contributed by atoms with Gasteiger partial charge in [0.1, 0.15) is 11.8 Å². The molecular formula is C32H43N5O10. The Hall–Kier alpha value is -4.57. The molecular weight excluding hydrogens is 614 g/mol. The highest BCUT2D eigenvalue weighted by atomic mass is 16.5. The van der Waals surface area contributed by atoms with Gasteiger partial charge in [0.2, 0.25) is 0 Å².